The highest BCUT2D eigenvalue weighted by atomic mass is 16.3. The van der Waals surface area contributed by atoms with Crippen LogP contribution in [0.3, 0.4) is 0 Å². The summed E-state index contributed by atoms with van der Waals surface area (Å²) in [6.07, 6.45) is 5.98. The average molecular weight is 448 g/mol. The minimum atomic E-state index is 0.213. The molecule has 2 fully saturated rings. The standard InChI is InChI=1S/C29H41N3O/c1-28(2)12-13-29(3,4)25-17-20(8-9-24(25)28)26-6-5-7-27(31-26)32-14-10-23(11-15-32)30-18-21-16-22(21)19-33/h5-9,17,21-23,30,33H,10-16,18-19H2,1-4H3. The number of benzene rings is 1. The van der Waals surface area contributed by atoms with E-state index in [1.807, 2.05) is 0 Å². The Morgan fingerprint density at radius 2 is 1.70 bits per heavy atom. The molecule has 2 atom stereocenters. The molecule has 3 aliphatic rings. The first-order valence-corrected chi connectivity index (χ1v) is 13.0. The van der Waals surface area contributed by atoms with E-state index in [1.165, 1.54) is 36.0 Å². The highest BCUT2D eigenvalue weighted by Crippen LogP contribution is 2.46. The van der Waals surface area contributed by atoms with Crippen LogP contribution in [0.15, 0.2) is 36.4 Å². The van der Waals surface area contributed by atoms with Gasteiger partial charge in [0.05, 0.1) is 5.69 Å². The average Bonchev–Trinajstić information content (AvgIpc) is 3.60. The van der Waals surface area contributed by atoms with Crippen molar-refractivity contribution >= 4 is 5.82 Å². The number of hydrogen-bond acceptors (Lipinski definition) is 4. The van der Waals surface area contributed by atoms with Crippen LogP contribution in [0.4, 0.5) is 5.82 Å². The highest BCUT2D eigenvalue weighted by molar-refractivity contribution is 5.65. The number of hydrogen-bond donors (Lipinski definition) is 2. The van der Waals surface area contributed by atoms with Crippen molar-refractivity contribution in [1.82, 2.24) is 10.3 Å². The van der Waals surface area contributed by atoms with Crippen molar-refractivity contribution in [3.8, 4) is 11.3 Å². The third-order valence-corrected chi connectivity index (χ3v) is 8.67. The monoisotopic (exact) mass is 447 g/mol. The summed E-state index contributed by atoms with van der Waals surface area (Å²) in [7, 11) is 0. The topological polar surface area (TPSA) is 48.4 Å². The smallest absolute Gasteiger partial charge is 0.129 e. The number of anilines is 1. The van der Waals surface area contributed by atoms with Crippen LogP contribution < -0.4 is 10.2 Å². The fourth-order valence-electron chi connectivity index (χ4n) is 5.92. The van der Waals surface area contributed by atoms with Gasteiger partial charge in [-0.15, -0.1) is 0 Å². The number of rotatable bonds is 6. The molecule has 178 valence electrons. The number of aliphatic hydroxyl groups is 1. The summed E-state index contributed by atoms with van der Waals surface area (Å²) in [5.41, 5.74) is 5.78. The Balaban J connectivity index is 1.28. The molecule has 4 nitrogen and oxygen atoms in total. The molecule has 1 aromatic carbocycles. The highest BCUT2D eigenvalue weighted by Gasteiger charge is 2.37. The van der Waals surface area contributed by atoms with E-state index in [0.29, 0.717) is 24.5 Å². The summed E-state index contributed by atoms with van der Waals surface area (Å²) in [4.78, 5) is 7.55. The van der Waals surface area contributed by atoms with Gasteiger partial charge in [-0.1, -0.05) is 45.9 Å². The number of fused-ring (bicyclic) bond motifs is 1. The maximum atomic E-state index is 9.24. The number of piperidine rings is 1. The van der Waals surface area contributed by atoms with E-state index in [2.05, 4.69) is 74.3 Å². The van der Waals surface area contributed by atoms with Gasteiger partial charge in [0.2, 0.25) is 0 Å². The maximum absolute atomic E-state index is 9.24. The molecule has 0 radical (unpaired) electrons. The third kappa shape index (κ3) is 4.70. The molecule has 2 N–H and O–H groups in total. The molecule has 2 heterocycles. The molecule has 0 bridgehead atoms. The van der Waals surface area contributed by atoms with Gasteiger partial charge < -0.3 is 15.3 Å². The molecule has 33 heavy (non-hydrogen) atoms. The van der Waals surface area contributed by atoms with E-state index < -0.39 is 0 Å². The zero-order valence-electron chi connectivity index (χ0n) is 20.9. The number of aliphatic hydroxyl groups excluding tert-OH is 1. The summed E-state index contributed by atoms with van der Waals surface area (Å²) in [6, 6.07) is 14.1. The second-order valence-electron chi connectivity index (χ2n) is 12.0. The number of aromatic nitrogens is 1. The van der Waals surface area contributed by atoms with Gasteiger partial charge in [0.15, 0.2) is 0 Å². The maximum Gasteiger partial charge on any atom is 0.129 e. The normalized spacial score (nSPS) is 26.2. The molecule has 4 heteroatoms. The molecular formula is C29H41N3O. The predicted octanol–water partition coefficient (Wildman–Crippen LogP) is 5.28. The van der Waals surface area contributed by atoms with Crippen LogP contribution in [0.5, 0.6) is 0 Å². The van der Waals surface area contributed by atoms with Gasteiger partial charge in [0.25, 0.3) is 0 Å². The van der Waals surface area contributed by atoms with E-state index in [4.69, 9.17) is 4.98 Å². The molecular weight excluding hydrogens is 406 g/mol. The van der Waals surface area contributed by atoms with Gasteiger partial charge in [0, 0.05) is 31.3 Å². The molecule has 1 saturated heterocycles. The lowest BCUT2D eigenvalue weighted by Crippen LogP contribution is -2.43. The van der Waals surface area contributed by atoms with Crippen molar-refractivity contribution in [2.24, 2.45) is 11.8 Å². The molecule has 0 amide bonds. The van der Waals surface area contributed by atoms with Crippen molar-refractivity contribution in [3.63, 3.8) is 0 Å². The summed E-state index contributed by atoms with van der Waals surface area (Å²) < 4.78 is 0. The molecule has 2 aliphatic carbocycles. The molecule has 5 rings (SSSR count). The Kier molecular flexibility index (Phi) is 6.03. The van der Waals surface area contributed by atoms with Crippen molar-refractivity contribution in [2.75, 3.05) is 31.1 Å². The lowest BCUT2D eigenvalue weighted by Gasteiger charge is -2.42. The van der Waals surface area contributed by atoms with Crippen LogP contribution in [0, 0.1) is 11.8 Å². The van der Waals surface area contributed by atoms with E-state index in [1.54, 1.807) is 0 Å². The Morgan fingerprint density at radius 3 is 2.39 bits per heavy atom. The van der Waals surface area contributed by atoms with E-state index >= 15 is 0 Å². The van der Waals surface area contributed by atoms with Gasteiger partial charge in [-0.3, -0.25) is 0 Å². The second-order valence-corrected chi connectivity index (χ2v) is 12.0. The Hall–Kier alpha value is -1.91. The Morgan fingerprint density at radius 1 is 0.970 bits per heavy atom. The van der Waals surface area contributed by atoms with E-state index in [-0.39, 0.29) is 10.8 Å². The third-order valence-electron chi connectivity index (χ3n) is 8.67. The molecule has 1 aromatic heterocycles. The first-order valence-electron chi connectivity index (χ1n) is 13.0. The predicted molar refractivity (Wildman–Crippen MR) is 137 cm³/mol. The summed E-state index contributed by atoms with van der Waals surface area (Å²) in [5, 5.41) is 13.0. The molecule has 2 aromatic rings. The fraction of sp³-hybridized carbons (Fsp3) is 0.621. The van der Waals surface area contributed by atoms with Gasteiger partial charge in [-0.05, 0) is 90.6 Å². The number of pyridine rings is 1. The van der Waals surface area contributed by atoms with Gasteiger partial charge in [0.1, 0.15) is 5.82 Å². The quantitative estimate of drug-likeness (QED) is 0.632. The van der Waals surface area contributed by atoms with Crippen LogP contribution in [-0.4, -0.2) is 42.4 Å². The van der Waals surface area contributed by atoms with Crippen LogP contribution in [0.2, 0.25) is 0 Å². The molecule has 2 unspecified atom stereocenters. The number of nitrogens with one attached hydrogen (secondary N) is 1. The Bertz CT molecular complexity index is 990. The minimum Gasteiger partial charge on any atom is -0.396 e. The van der Waals surface area contributed by atoms with Crippen LogP contribution in [-0.2, 0) is 10.8 Å². The molecule has 1 saturated carbocycles. The second kappa shape index (κ2) is 8.70. The van der Waals surface area contributed by atoms with Crippen LogP contribution in [0.25, 0.3) is 11.3 Å². The number of nitrogens with zero attached hydrogens (tertiary/aromatic N) is 2. The van der Waals surface area contributed by atoms with Gasteiger partial charge in [-0.2, -0.15) is 0 Å². The van der Waals surface area contributed by atoms with Gasteiger partial charge >= 0.3 is 0 Å². The van der Waals surface area contributed by atoms with Crippen molar-refractivity contribution in [1.29, 1.82) is 0 Å². The summed E-state index contributed by atoms with van der Waals surface area (Å²) >= 11 is 0. The van der Waals surface area contributed by atoms with Crippen molar-refractivity contribution in [2.45, 2.75) is 76.7 Å². The minimum absolute atomic E-state index is 0.213. The van der Waals surface area contributed by atoms with Gasteiger partial charge in [-0.25, -0.2) is 4.98 Å². The largest absolute Gasteiger partial charge is 0.396 e. The van der Waals surface area contributed by atoms with Crippen molar-refractivity contribution in [3.05, 3.63) is 47.5 Å². The zero-order chi connectivity index (χ0) is 23.2. The summed E-state index contributed by atoms with van der Waals surface area (Å²) in [5.74, 6) is 2.34. The first kappa shape index (κ1) is 22.9. The zero-order valence-corrected chi connectivity index (χ0v) is 20.9. The Labute approximate surface area is 199 Å². The first-order chi connectivity index (χ1) is 15.8. The SMILES string of the molecule is CC1(C)CCC(C)(C)c2cc(-c3cccc(N4CCC(NCC5CC5CO)CC4)n3)ccc21. The lowest BCUT2D eigenvalue weighted by molar-refractivity contribution is 0.266. The lowest BCUT2D eigenvalue weighted by atomic mass is 9.63. The van der Waals surface area contributed by atoms with Crippen LogP contribution in [0.1, 0.15) is 70.9 Å². The van der Waals surface area contributed by atoms with E-state index in [9.17, 15) is 5.11 Å². The molecule has 0 spiro atoms. The van der Waals surface area contributed by atoms with Crippen LogP contribution >= 0.6 is 0 Å². The van der Waals surface area contributed by atoms with E-state index in [0.717, 1.165) is 44.0 Å². The molecule has 1 aliphatic heterocycles. The summed E-state index contributed by atoms with van der Waals surface area (Å²) in [6.45, 7) is 13.1. The fourth-order valence-corrected chi connectivity index (χ4v) is 5.92. The van der Waals surface area contributed by atoms with Crippen molar-refractivity contribution < 1.29 is 5.11 Å².